The first kappa shape index (κ1) is 19.1. The monoisotopic (exact) mass is 351 g/mol. The summed E-state index contributed by atoms with van der Waals surface area (Å²) < 4.78 is 15.6. The highest BCUT2D eigenvalue weighted by atomic mass is 16.6. The van der Waals surface area contributed by atoms with Gasteiger partial charge in [0.25, 0.3) is 0 Å². The number of carbonyl (C=O) groups is 2. The van der Waals surface area contributed by atoms with Crippen molar-refractivity contribution in [2.75, 3.05) is 27.4 Å². The Labute approximate surface area is 147 Å². The Bertz CT molecular complexity index is 651. The van der Waals surface area contributed by atoms with E-state index in [0.29, 0.717) is 17.1 Å². The number of rotatable bonds is 5. The summed E-state index contributed by atoms with van der Waals surface area (Å²) in [7, 11) is 3.00. The number of amides is 2. The largest absolute Gasteiger partial charge is 0.497 e. The molecule has 1 aromatic carbocycles. The molecule has 0 aromatic heterocycles. The minimum atomic E-state index is -0.934. The van der Waals surface area contributed by atoms with Gasteiger partial charge in [0.1, 0.15) is 18.1 Å². The van der Waals surface area contributed by atoms with Gasteiger partial charge < -0.3 is 19.3 Å². The highest BCUT2D eigenvalue weighted by Crippen LogP contribution is 2.35. The molecule has 0 unspecified atom stereocenters. The van der Waals surface area contributed by atoms with Gasteiger partial charge in [-0.15, -0.1) is 0 Å². The van der Waals surface area contributed by atoms with Gasteiger partial charge in [-0.25, -0.2) is 9.69 Å². The second kappa shape index (κ2) is 7.31. The second-order valence-electron chi connectivity index (χ2n) is 7.01. The molecule has 0 bridgehead atoms. The first-order chi connectivity index (χ1) is 11.7. The Balaban J connectivity index is 2.40. The standard InChI is InChI=1S/C18H25NO6/c1-18(2,3)15-10-25-17(22)19(15)16(21)13(9-20)12-7-6-11(23-4)8-14(12)24-5/h6-8,13,15,20H,9-10H2,1-5H3/t13-,15+/m1/s1. The third-order valence-electron chi connectivity index (χ3n) is 4.41. The predicted molar refractivity (Wildman–Crippen MR) is 90.8 cm³/mol. The van der Waals surface area contributed by atoms with Crippen LogP contribution in [0.4, 0.5) is 4.79 Å². The van der Waals surface area contributed by atoms with Crippen molar-refractivity contribution in [3.63, 3.8) is 0 Å². The molecule has 1 heterocycles. The Morgan fingerprint density at radius 2 is 2.04 bits per heavy atom. The smallest absolute Gasteiger partial charge is 0.417 e. The molecule has 1 aliphatic rings. The van der Waals surface area contributed by atoms with Crippen molar-refractivity contribution in [3.8, 4) is 11.5 Å². The molecule has 7 heteroatoms. The number of ether oxygens (including phenoxy) is 3. The van der Waals surface area contributed by atoms with Crippen LogP contribution in [0.5, 0.6) is 11.5 Å². The summed E-state index contributed by atoms with van der Waals surface area (Å²) in [5.74, 6) is -0.464. The normalized spacial score (nSPS) is 18.7. The van der Waals surface area contributed by atoms with Gasteiger partial charge in [-0.1, -0.05) is 26.8 Å². The van der Waals surface area contributed by atoms with E-state index in [0.717, 1.165) is 4.90 Å². The van der Waals surface area contributed by atoms with Gasteiger partial charge in [-0.3, -0.25) is 4.79 Å². The first-order valence-electron chi connectivity index (χ1n) is 8.07. The van der Waals surface area contributed by atoms with Crippen molar-refractivity contribution in [2.45, 2.75) is 32.7 Å². The van der Waals surface area contributed by atoms with E-state index in [4.69, 9.17) is 14.2 Å². The molecular formula is C18H25NO6. The first-order valence-corrected chi connectivity index (χ1v) is 8.07. The molecule has 0 spiro atoms. The van der Waals surface area contributed by atoms with Crippen molar-refractivity contribution < 1.29 is 28.9 Å². The maximum absolute atomic E-state index is 13.0. The van der Waals surface area contributed by atoms with Crippen LogP contribution in [0, 0.1) is 5.41 Å². The SMILES string of the molecule is COc1ccc([C@@H](CO)C(=O)N2C(=O)OC[C@H]2C(C)(C)C)c(OC)c1. The van der Waals surface area contributed by atoms with Crippen LogP contribution in [-0.4, -0.2) is 55.5 Å². The Hall–Kier alpha value is -2.28. The number of hydrogen-bond acceptors (Lipinski definition) is 6. The molecule has 2 atom stereocenters. The van der Waals surface area contributed by atoms with E-state index in [1.807, 2.05) is 20.8 Å². The fraction of sp³-hybridized carbons (Fsp3) is 0.556. The fourth-order valence-electron chi connectivity index (χ4n) is 2.89. The summed E-state index contributed by atoms with van der Waals surface area (Å²) in [6.07, 6.45) is -0.684. The predicted octanol–water partition coefficient (Wildman–Crippen LogP) is 2.17. The molecule has 2 rings (SSSR count). The number of nitrogens with zero attached hydrogens (tertiary/aromatic N) is 1. The summed E-state index contributed by atoms with van der Waals surface area (Å²) in [4.78, 5) is 26.3. The van der Waals surface area contributed by atoms with Gasteiger partial charge in [0.2, 0.25) is 5.91 Å². The van der Waals surface area contributed by atoms with Gasteiger partial charge >= 0.3 is 6.09 Å². The van der Waals surface area contributed by atoms with Crippen LogP contribution in [0.2, 0.25) is 0 Å². The zero-order valence-corrected chi connectivity index (χ0v) is 15.2. The van der Waals surface area contributed by atoms with Crippen molar-refractivity contribution in [1.82, 2.24) is 4.90 Å². The summed E-state index contributed by atoms with van der Waals surface area (Å²) in [5, 5.41) is 9.85. The number of cyclic esters (lactones) is 1. The van der Waals surface area contributed by atoms with Gasteiger partial charge in [-0.05, 0) is 11.5 Å². The Kier molecular flexibility index (Phi) is 5.57. The van der Waals surface area contributed by atoms with Crippen molar-refractivity contribution >= 4 is 12.0 Å². The van der Waals surface area contributed by atoms with Crippen LogP contribution in [0.1, 0.15) is 32.3 Å². The molecule has 0 aliphatic carbocycles. The van der Waals surface area contributed by atoms with Gasteiger partial charge in [0, 0.05) is 11.6 Å². The van der Waals surface area contributed by atoms with E-state index in [2.05, 4.69) is 0 Å². The van der Waals surface area contributed by atoms with Gasteiger partial charge in [0.05, 0.1) is 32.8 Å². The second-order valence-corrected chi connectivity index (χ2v) is 7.01. The van der Waals surface area contributed by atoms with Gasteiger partial charge in [0.15, 0.2) is 0 Å². The number of aliphatic hydroxyl groups is 1. The van der Waals surface area contributed by atoms with Gasteiger partial charge in [-0.2, -0.15) is 0 Å². The quantitative estimate of drug-likeness (QED) is 0.875. The summed E-state index contributed by atoms with van der Waals surface area (Å²) in [5.41, 5.74) is 0.148. The lowest BCUT2D eigenvalue weighted by atomic mass is 9.85. The van der Waals surface area contributed by atoms with Crippen molar-refractivity contribution in [3.05, 3.63) is 23.8 Å². The third-order valence-corrected chi connectivity index (χ3v) is 4.41. The van der Waals surface area contributed by atoms with Crippen LogP contribution < -0.4 is 9.47 Å². The molecule has 1 aromatic rings. The van der Waals surface area contributed by atoms with Crippen LogP contribution in [0.3, 0.4) is 0 Å². The average Bonchev–Trinajstić information content (AvgIpc) is 2.97. The molecule has 1 fully saturated rings. The topological polar surface area (TPSA) is 85.3 Å². The molecule has 138 valence electrons. The zero-order chi connectivity index (χ0) is 18.8. The Morgan fingerprint density at radius 1 is 1.36 bits per heavy atom. The maximum atomic E-state index is 13.0. The van der Waals surface area contributed by atoms with Crippen molar-refractivity contribution in [1.29, 1.82) is 0 Å². The van der Waals surface area contributed by atoms with Crippen molar-refractivity contribution in [2.24, 2.45) is 5.41 Å². The number of benzene rings is 1. The molecule has 1 aliphatic heterocycles. The molecular weight excluding hydrogens is 326 g/mol. The van der Waals surface area contributed by atoms with E-state index >= 15 is 0 Å². The summed E-state index contributed by atoms with van der Waals surface area (Å²) >= 11 is 0. The minimum Gasteiger partial charge on any atom is -0.497 e. The molecule has 25 heavy (non-hydrogen) atoms. The van der Waals surface area contributed by atoms with E-state index in [1.54, 1.807) is 18.2 Å². The van der Waals surface area contributed by atoms with E-state index in [1.165, 1.54) is 14.2 Å². The molecule has 1 saturated heterocycles. The molecule has 0 saturated carbocycles. The minimum absolute atomic E-state index is 0.145. The van der Waals surface area contributed by atoms with Crippen LogP contribution in [0.15, 0.2) is 18.2 Å². The number of methoxy groups -OCH3 is 2. The fourth-order valence-corrected chi connectivity index (χ4v) is 2.89. The average molecular weight is 351 g/mol. The Morgan fingerprint density at radius 3 is 2.56 bits per heavy atom. The number of aliphatic hydroxyl groups excluding tert-OH is 1. The number of hydrogen-bond donors (Lipinski definition) is 1. The lowest BCUT2D eigenvalue weighted by Crippen LogP contribution is -2.48. The van der Waals surface area contributed by atoms with E-state index in [9.17, 15) is 14.7 Å². The molecule has 2 amide bonds. The van der Waals surface area contributed by atoms with Crippen LogP contribution in [-0.2, 0) is 9.53 Å². The zero-order valence-electron chi connectivity index (χ0n) is 15.2. The number of carbonyl (C=O) groups excluding carboxylic acids is 2. The molecule has 1 N–H and O–H groups in total. The lowest BCUT2D eigenvalue weighted by Gasteiger charge is -2.32. The summed E-state index contributed by atoms with van der Waals surface area (Å²) in [6, 6.07) is 4.57. The van der Waals surface area contributed by atoms with Crippen LogP contribution >= 0.6 is 0 Å². The highest BCUT2D eigenvalue weighted by molar-refractivity contribution is 5.97. The third kappa shape index (κ3) is 3.71. The number of imide groups is 1. The van der Waals surface area contributed by atoms with Crippen LogP contribution in [0.25, 0.3) is 0 Å². The highest BCUT2D eigenvalue weighted by Gasteiger charge is 2.46. The maximum Gasteiger partial charge on any atom is 0.417 e. The lowest BCUT2D eigenvalue weighted by molar-refractivity contribution is -0.133. The molecule has 7 nitrogen and oxygen atoms in total. The van der Waals surface area contributed by atoms with E-state index < -0.39 is 30.6 Å². The summed E-state index contributed by atoms with van der Waals surface area (Å²) in [6.45, 7) is 5.49. The van der Waals surface area contributed by atoms with E-state index in [-0.39, 0.29) is 12.0 Å². The molecule has 0 radical (unpaired) electrons.